The SMILES string of the molecule is CCCNC(C(CCC)CCC)C(C)c1ccncc1. The highest BCUT2D eigenvalue weighted by atomic mass is 14.9. The number of nitrogens with one attached hydrogen (secondary N) is 1. The van der Waals surface area contributed by atoms with E-state index in [2.05, 4.69) is 50.1 Å². The van der Waals surface area contributed by atoms with Crippen molar-refractivity contribution in [2.45, 2.75) is 71.8 Å². The third-order valence-electron chi connectivity index (χ3n) is 4.23. The topological polar surface area (TPSA) is 24.9 Å². The Kier molecular flexibility index (Phi) is 8.52. The first kappa shape index (κ1) is 17.2. The van der Waals surface area contributed by atoms with E-state index in [1.807, 2.05) is 12.4 Å². The molecule has 1 heterocycles. The molecule has 1 aromatic heterocycles. The van der Waals surface area contributed by atoms with Gasteiger partial charge in [0, 0.05) is 18.4 Å². The molecule has 0 aliphatic carbocycles. The molecule has 20 heavy (non-hydrogen) atoms. The van der Waals surface area contributed by atoms with Crippen molar-refractivity contribution < 1.29 is 0 Å². The summed E-state index contributed by atoms with van der Waals surface area (Å²) < 4.78 is 0. The normalized spacial score (nSPS) is 14.4. The van der Waals surface area contributed by atoms with Crippen LogP contribution in [0.3, 0.4) is 0 Å². The molecule has 1 N–H and O–H groups in total. The molecule has 2 nitrogen and oxygen atoms in total. The van der Waals surface area contributed by atoms with E-state index in [0.717, 1.165) is 12.5 Å². The number of hydrogen-bond donors (Lipinski definition) is 1. The van der Waals surface area contributed by atoms with E-state index >= 15 is 0 Å². The molecule has 0 saturated heterocycles. The fourth-order valence-electron chi connectivity index (χ4n) is 3.18. The number of hydrogen-bond acceptors (Lipinski definition) is 2. The molecule has 2 atom stereocenters. The van der Waals surface area contributed by atoms with Crippen molar-refractivity contribution in [2.24, 2.45) is 5.92 Å². The summed E-state index contributed by atoms with van der Waals surface area (Å²) in [6.45, 7) is 10.3. The van der Waals surface area contributed by atoms with Crippen molar-refractivity contribution in [3.05, 3.63) is 30.1 Å². The van der Waals surface area contributed by atoms with E-state index in [1.54, 1.807) is 0 Å². The standard InChI is InChI=1S/C18H32N2/c1-5-8-17(9-6-2)18(20-12-7-3)15(4)16-10-13-19-14-11-16/h10-11,13-15,17-18,20H,5-9,12H2,1-4H3. The van der Waals surface area contributed by atoms with E-state index in [9.17, 15) is 0 Å². The van der Waals surface area contributed by atoms with Gasteiger partial charge in [-0.3, -0.25) is 4.98 Å². The second-order valence-corrected chi connectivity index (χ2v) is 5.89. The van der Waals surface area contributed by atoms with Crippen LogP contribution in [0.4, 0.5) is 0 Å². The first-order chi connectivity index (χ1) is 9.74. The summed E-state index contributed by atoms with van der Waals surface area (Å²) in [5.74, 6) is 1.33. The Morgan fingerprint density at radius 1 is 1.00 bits per heavy atom. The molecule has 0 aliphatic heterocycles. The van der Waals surface area contributed by atoms with Gasteiger partial charge in [0.25, 0.3) is 0 Å². The Bertz CT molecular complexity index is 331. The zero-order chi connectivity index (χ0) is 14.8. The Hall–Kier alpha value is -0.890. The summed E-state index contributed by atoms with van der Waals surface area (Å²) in [5.41, 5.74) is 1.41. The summed E-state index contributed by atoms with van der Waals surface area (Å²) in [5, 5.41) is 3.82. The highest BCUT2D eigenvalue weighted by Gasteiger charge is 2.26. The van der Waals surface area contributed by atoms with E-state index in [4.69, 9.17) is 0 Å². The van der Waals surface area contributed by atoms with E-state index in [-0.39, 0.29) is 0 Å². The molecule has 0 bridgehead atoms. The average molecular weight is 276 g/mol. The van der Waals surface area contributed by atoms with Crippen LogP contribution in [0.1, 0.15) is 71.3 Å². The largest absolute Gasteiger partial charge is 0.313 e. The first-order valence-corrected chi connectivity index (χ1v) is 8.37. The highest BCUT2D eigenvalue weighted by molar-refractivity contribution is 5.17. The molecule has 1 aromatic rings. The van der Waals surface area contributed by atoms with Gasteiger partial charge in [0.05, 0.1) is 0 Å². The number of rotatable bonds is 10. The summed E-state index contributed by atoms with van der Waals surface area (Å²) in [6, 6.07) is 4.91. The molecule has 0 saturated carbocycles. The summed E-state index contributed by atoms with van der Waals surface area (Å²) in [6.07, 6.45) is 10.2. The van der Waals surface area contributed by atoms with Crippen molar-refractivity contribution in [3.63, 3.8) is 0 Å². The minimum Gasteiger partial charge on any atom is -0.313 e. The van der Waals surface area contributed by atoms with Gasteiger partial charge in [-0.1, -0.05) is 40.5 Å². The number of nitrogens with zero attached hydrogens (tertiary/aromatic N) is 1. The van der Waals surface area contributed by atoms with Gasteiger partial charge < -0.3 is 5.32 Å². The van der Waals surface area contributed by atoms with Crippen molar-refractivity contribution in [2.75, 3.05) is 6.54 Å². The summed E-state index contributed by atoms with van der Waals surface area (Å²) >= 11 is 0. The minimum absolute atomic E-state index is 0.549. The monoisotopic (exact) mass is 276 g/mol. The van der Waals surface area contributed by atoms with E-state index in [1.165, 1.54) is 37.7 Å². The van der Waals surface area contributed by atoms with Crippen LogP contribution in [0.25, 0.3) is 0 Å². The maximum absolute atomic E-state index is 4.15. The predicted octanol–water partition coefficient (Wildman–Crippen LogP) is 4.77. The molecule has 0 fully saturated rings. The van der Waals surface area contributed by atoms with Gasteiger partial charge in [-0.25, -0.2) is 0 Å². The van der Waals surface area contributed by atoms with Crippen molar-refractivity contribution in [1.82, 2.24) is 10.3 Å². The lowest BCUT2D eigenvalue weighted by Crippen LogP contribution is -2.40. The van der Waals surface area contributed by atoms with E-state index in [0.29, 0.717) is 12.0 Å². The lowest BCUT2D eigenvalue weighted by atomic mass is 9.80. The van der Waals surface area contributed by atoms with Gasteiger partial charge in [-0.2, -0.15) is 0 Å². The highest BCUT2D eigenvalue weighted by Crippen LogP contribution is 2.29. The van der Waals surface area contributed by atoms with Crippen LogP contribution in [0, 0.1) is 5.92 Å². The van der Waals surface area contributed by atoms with Gasteiger partial charge >= 0.3 is 0 Å². The second kappa shape index (κ2) is 9.93. The van der Waals surface area contributed by atoms with Gasteiger partial charge in [0.1, 0.15) is 0 Å². The maximum atomic E-state index is 4.15. The zero-order valence-electron chi connectivity index (χ0n) is 13.7. The van der Waals surface area contributed by atoms with Gasteiger partial charge in [-0.15, -0.1) is 0 Å². The van der Waals surface area contributed by atoms with Crippen molar-refractivity contribution in [1.29, 1.82) is 0 Å². The fourth-order valence-corrected chi connectivity index (χ4v) is 3.18. The molecule has 0 spiro atoms. The minimum atomic E-state index is 0.549. The van der Waals surface area contributed by atoms with Crippen LogP contribution in [0.15, 0.2) is 24.5 Å². The van der Waals surface area contributed by atoms with Crippen LogP contribution < -0.4 is 5.32 Å². The van der Waals surface area contributed by atoms with Gasteiger partial charge in [0.15, 0.2) is 0 Å². The van der Waals surface area contributed by atoms with Crippen LogP contribution in [-0.2, 0) is 0 Å². The zero-order valence-corrected chi connectivity index (χ0v) is 13.7. The predicted molar refractivity (Wildman–Crippen MR) is 88.0 cm³/mol. The first-order valence-electron chi connectivity index (χ1n) is 8.37. The number of aromatic nitrogens is 1. The lowest BCUT2D eigenvalue weighted by molar-refractivity contribution is 0.280. The van der Waals surface area contributed by atoms with E-state index < -0.39 is 0 Å². The van der Waals surface area contributed by atoms with Crippen LogP contribution >= 0.6 is 0 Å². The van der Waals surface area contributed by atoms with Crippen LogP contribution in [-0.4, -0.2) is 17.6 Å². The number of pyridine rings is 1. The molecule has 114 valence electrons. The molecule has 1 rings (SSSR count). The lowest BCUT2D eigenvalue weighted by Gasteiger charge is -2.33. The maximum Gasteiger partial charge on any atom is 0.0270 e. The van der Waals surface area contributed by atoms with Gasteiger partial charge in [0.2, 0.25) is 0 Å². The fraction of sp³-hybridized carbons (Fsp3) is 0.722. The molecule has 0 amide bonds. The molecule has 2 heteroatoms. The second-order valence-electron chi connectivity index (χ2n) is 5.89. The molecular formula is C18H32N2. The molecule has 2 unspecified atom stereocenters. The summed E-state index contributed by atoms with van der Waals surface area (Å²) in [7, 11) is 0. The molecule has 0 radical (unpaired) electrons. The Morgan fingerprint density at radius 3 is 2.10 bits per heavy atom. The van der Waals surface area contributed by atoms with Crippen molar-refractivity contribution in [3.8, 4) is 0 Å². The third kappa shape index (κ3) is 5.24. The third-order valence-corrected chi connectivity index (χ3v) is 4.23. The quantitative estimate of drug-likeness (QED) is 0.666. The van der Waals surface area contributed by atoms with Crippen LogP contribution in [0.5, 0.6) is 0 Å². The Labute approximate surface area is 125 Å². The molecular weight excluding hydrogens is 244 g/mol. The molecule has 0 aromatic carbocycles. The Balaban J connectivity index is 2.85. The van der Waals surface area contributed by atoms with Gasteiger partial charge in [-0.05, 0) is 55.3 Å². The summed E-state index contributed by atoms with van der Waals surface area (Å²) in [4.78, 5) is 4.15. The average Bonchev–Trinajstić information content (AvgIpc) is 2.48. The Morgan fingerprint density at radius 2 is 1.60 bits per heavy atom. The molecule has 0 aliphatic rings. The van der Waals surface area contributed by atoms with Crippen molar-refractivity contribution >= 4 is 0 Å². The van der Waals surface area contributed by atoms with Crippen LogP contribution in [0.2, 0.25) is 0 Å². The smallest absolute Gasteiger partial charge is 0.0270 e.